The fraction of sp³-hybridized carbons (Fsp3) is 0.385. The molecule has 6 nitrogen and oxygen atoms in total. The van der Waals surface area contributed by atoms with Crippen molar-refractivity contribution >= 4 is 38.8 Å². The molecule has 8 heteroatoms. The highest BCUT2D eigenvalue weighted by molar-refractivity contribution is 7.89. The molecule has 0 aromatic heterocycles. The van der Waals surface area contributed by atoms with E-state index in [0.717, 1.165) is 0 Å². The van der Waals surface area contributed by atoms with Crippen LogP contribution in [0.1, 0.15) is 26.7 Å². The van der Waals surface area contributed by atoms with Crippen LogP contribution in [0.15, 0.2) is 29.2 Å². The van der Waals surface area contributed by atoms with E-state index < -0.39 is 15.4 Å². The Morgan fingerprint density at radius 3 is 2.33 bits per heavy atom. The molecule has 1 rings (SSSR count). The quantitative estimate of drug-likeness (QED) is 0.682. The molecular formula is C13H19N3O3S2. The third-order valence-electron chi connectivity index (χ3n) is 3.53. The summed E-state index contributed by atoms with van der Waals surface area (Å²) in [5.74, 6) is -0.355. The molecule has 5 N–H and O–H groups in total. The average molecular weight is 329 g/mol. The highest BCUT2D eigenvalue weighted by Gasteiger charge is 2.38. The van der Waals surface area contributed by atoms with Crippen molar-refractivity contribution in [2.45, 2.75) is 31.6 Å². The van der Waals surface area contributed by atoms with E-state index in [1.165, 1.54) is 18.2 Å². The molecule has 0 unspecified atom stereocenters. The van der Waals surface area contributed by atoms with Crippen LogP contribution < -0.4 is 16.2 Å². The number of anilines is 1. The maximum atomic E-state index is 12.4. The molecule has 0 saturated carbocycles. The van der Waals surface area contributed by atoms with Gasteiger partial charge in [-0.2, -0.15) is 0 Å². The highest BCUT2D eigenvalue weighted by atomic mass is 32.2. The molecule has 0 bridgehead atoms. The second kappa shape index (κ2) is 6.50. The van der Waals surface area contributed by atoms with E-state index in [9.17, 15) is 13.2 Å². The Kier molecular flexibility index (Phi) is 5.43. The fourth-order valence-corrected chi connectivity index (χ4v) is 2.97. The van der Waals surface area contributed by atoms with Gasteiger partial charge in [-0.05, 0) is 31.0 Å². The summed E-state index contributed by atoms with van der Waals surface area (Å²) in [6, 6.07) is 5.71. The predicted octanol–water partition coefficient (Wildman–Crippen LogP) is 1.36. The van der Waals surface area contributed by atoms with Gasteiger partial charge in [-0.15, -0.1) is 0 Å². The number of amides is 1. The van der Waals surface area contributed by atoms with Crippen LogP contribution in [0.25, 0.3) is 0 Å². The molecule has 0 saturated heterocycles. The number of nitrogens with two attached hydrogens (primary N) is 2. The lowest BCUT2D eigenvalue weighted by atomic mass is 9.81. The number of nitrogens with one attached hydrogen (secondary N) is 1. The Bertz CT molecular complexity index is 652. The largest absolute Gasteiger partial charge is 0.392 e. The summed E-state index contributed by atoms with van der Waals surface area (Å²) in [6.45, 7) is 3.64. The van der Waals surface area contributed by atoms with Crippen molar-refractivity contribution in [1.82, 2.24) is 0 Å². The molecule has 1 aromatic carbocycles. The zero-order chi connectivity index (χ0) is 16.3. The van der Waals surface area contributed by atoms with Crippen LogP contribution >= 0.6 is 12.2 Å². The Morgan fingerprint density at radius 2 is 1.90 bits per heavy atom. The molecule has 0 heterocycles. The number of carbonyl (C=O) groups is 1. The normalized spacial score (nSPS) is 12.0. The van der Waals surface area contributed by atoms with Crippen molar-refractivity contribution in [3.63, 3.8) is 0 Å². The first-order valence-electron chi connectivity index (χ1n) is 6.41. The summed E-state index contributed by atoms with van der Waals surface area (Å²) in [5, 5.41) is 7.71. The van der Waals surface area contributed by atoms with Gasteiger partial charge in [0.1, 0.15) is 0 Å². The number of benzene rings is 1. The molecule has 0 aliphatic carbocycles. The van der Waals surface area contributed by atoms with E-state index in [0.29, 0.717) is 18.5 Å². The van der Waals surface area contributed by atoms with E-state index in [4.69, 9.17) is 23.1 Å². The van der Waals surface area contributed by atoms with Crippen molar-refractivity contribution in [2.24, 2.45) is 16.3 Å². The van der Waals surface area contributed by atoms with E-state index in [-0.39, 0.29) is 15.8 Å². The first kappa shape index (κ1) is 17.5. The monoisotopic (exact) mass is 329 g/mol. The minimum Gasteiger partial charge on any atom is -0.392 e. The van der Waals surface area contributed by atoms with E-state index >= 15 is 0 Å². The predicted molar refractivity (Wildman–Crippen MR) is 86.2 cm³/mol. The Balaban J connectivity index is 3.11. The van der Waals surface area contributed by atoms with E-state index in [1.54, 1.807) is 6.07 Å². The molecule has 21 heavy (non-hydrogen) atoms. The smallest absolute Gasteiger partial charge is 0.238 e. The van der Waals surface area contributed by atoms with Crippen molar-refractivity contribution in [3.05, 3.63) is 24.3 Å². The van der Waals surface area contributed by atoms with Crippen LogP contribution in [0.4, 0.5) is 5.69 Å². The molecular weight excluding hydrogens is 310 g/mol. The first-order valence-corrected chi connectivity index (χ1v) is 8.37. The highest BCUT2D eigenvalue weighted by Crippen LogP contribution is 2.29. The van der Waals surface area contributed by atoms with Crippen molar-refractivity contribution in [1.29, 1.82) is 0 Å². The van der Waals surface area contributed by atoms with Crippen LogP contribution in [0, 0.1) is 5.41 Å². The van der Waals surface area contributed by atoms with Crippen molar-refractivity contribution in [2.75, 3.05) is 5.32 Å². The van der Waals surface area contributed by atoms with Gasteiger partial charge in [0.05, 0.1) is 15.3 Å². The summed E-state index contributed by atoms with van der Waals surface area (Å²) in [5.41, 5.74) is 5.08. The molecule has 0 fully saturated rings. The van der Waals surface area contributed by atoms with Gasteiger partial charge in [-0.3, -0.25) is 4.79 Å². The lowest BCUT2D eigenvalue weighted by Crippen LogP contribution is -2.45. The summed E-state index contributed by atoms with van der Waals surface area (Å²) in [6.07, 6.45) is 0.916. The van der Waals surface area contributed by atoms with Gasteiger partial charge in [-0.25, -0.2) is 13.6 Å². The lowest BCUT2D eigenvalue weighted by Gasteiger charge is -2.28. The van der Waals surface area contributed by atoms with Crippen LogP contribution in [-0.4, -0.2) is 19.3 Å². The van der Waals surface area contributed by atoms with Crippen LogP contribution in [0.5, 0.6) is 0 Å². The Labute approximate surface area is 129 Å². The van der Waals surface area contributed by atoms with Gasteiger partial charge in [0.15, 0.2) is 0 Å². The zero-order valence-electron chi connectivity index (χ0n) is 11.9. The lowest BCUT2D eigenvalue weighted by molar-refractivity contribution is -0.122. The molecule has 0 aliphatic rings. The van der Waals surface area contributed by atoms with E-state index in [2.05, 4.69) is 5.32 Å². The third kappa shape index (κ3) is 3.78. The Morgan fingerprint density at radius 1 is 1.33 bits per heavy atom. The summed E-state index contributed by atoms with van der Waals surface area (Å²) >= 11 is 5.01. The number of hydrogen-bond donors (Lipinski definition) is 3. The topological polar surface area (TPSA) is 115 Å². The van der Waals surface area contributed by atoms with Crippen molar-refractivity contribution < 1.29 is 13.2 Å². The SMILES string of the molecule is CCC(CC)(C(=O)Nc1cccc(S(N)(=O)=O)c1)C(N)=S. The summed E-state index contributed by atoms with van der Waals surface area (Å²) in [7, 11) is -3.83. The molecule has 0 aliphatic heterocycles. The number of rotatable bonds is 6. The second-order valence-corrected chi connectivity index (χ2v) is 6.68. The Hall–Kier alpha value is -1.51. The van der Waals surface area contributed by atoms with Crippen molar-refractivity contribution in [3.8, 4) is 0 Å². The summed E-state index contributed by atoms with van der Waals surface area (Å²) in [4.78, 5) is 12.5. The number of primary sulfonamides is 1. The summed E-state index contributed by atoms with van der Waals surface area (Å²) < 4.78 is 22.6. The molecule has 116 valence electrons. The average Bonchev–Trinajstić information content (AvgIpc) is 2.39. The minimum absolute atomic E-state index is 0.0748. The molecule has 0 spiro atoms. The number of thiocarbonyl (C=S) groups is 1. The van der Waals surface area contributed by atoms with Gasteiger partial charge in [-0.1, -0.05) is 32.1 Å². The standard InChI is InChI=1S/C13H19N3O3S2/c1-3-13(4-2,11(14)20)12(17)16-9-6-5-7-10(8-9)21(15,18)19/h5-8H,3-4H2,1-2H3,(H2,14,20)(H,16,17)(H2,15,18,19). The first-order chi connectivity index (χ1) is 9.67. The van der Waals surface area contributed by atoms with Crippen LogP contribution in [0.3, 0.4) is 0 Å². The minimum atomic E-state index is -3.83. The van der Waals surface area contributed by atoms with E-state index in [1.807, 2.05) is 13.8 Å². The van der Waals surface area contributed by atoms with Gasteiger partial charge in [0.25, 0.3) is 0 Å². The molecule has 1 aromatic rings. The number of sulfonamides is 1. The van der Waals surface area contributed by atoms with Crippen LogP contribution in [0.2, 0.25) is 0 Å². The van der Waals surface area contributed by atoms with Gasteiger partial charge in [0, 0.05) is 5.69 Å². The third-order valence-corrected chi connectivity index (χ3v) is 4.84. The molecule has 0 atom stereocenters. The van der Waals surface area contributed by atoms with Gasteiger partial charge >= 0.3 is 0 Å². The maximum absolute atomic E-state index is 12.4. The molecule has 0 radical (unpaired) electrons. The van der Waals surface area contributed by atoms with Gasteiger partial charge < -0.3 is 11.1 Å². The second-order valence-electron chi connectivity index (χ2n) is 4.68. The van der Waals surface area contributed by atoms with Gasteiger partial charge in [0.2, 0.25) is 15.9 Å². The number of hydrogen-bond acceptors (Lipinski definition) is 4. The van der Waals surface area contributed by atoms with Crippen LogP contribution in [-0.2, 0) is 14.8 Å². The zero-order valence-corrected chi connectivity index (χ0v) is 13.6. The molecule has 1 amide bonds. The maximum Gasteiger partial charge on any atom is 0.238 e. The fourth-order valence-electron chi connectivity index (χ4n) is 2.03. The number of carbonyl (C=O) groups excluding carboxylic acids is 1.